The molecule has 1 fully saturated rings. The molecule has 1 saturated carbocycles. The van der Waals surface area contributed by atoms with Crippen LogP contribution in [0, 0.1) is 5.41 Å². The van der Waals surface area contributed by atoms with Crippen LogP contribution in [-0.4, -0.2) is 34.2 Å². The highest BCUT2D eigenvalue weighted by molar-refractivity contribution is 6.28. The summed E-state index contributed by atoms with van der Waals surface area (Å²) in [6.07, 6.45) is 0.754. The van der Waals surface area contributed by atoms with Crippen LogP contribution in [0.3, 0.4) is 0 Å². The number of aliphatic hydroxyl groups is 1. The van der Waals surface area contributed by atoms with Gasteiger partial charge in [-0.1, -0.05) is 44.2 Å². The molecule has 0 saturated heterocycles. The molecule has 5 heteroatoms. The summed E-state index contributed by atoms with van der Waals surface area (Å²) in [4.78, 5) is 27.2. The molecule has 0 aromatic heterocycles. The summed E-state index contributed by atoms with van der Waals surface area (Å²) in [5.41, 5.74) is 0.736. The number of carbonyl (C=O) groups excluding carboxylic acids is 1. The van der Waals surface area contributed by atoms with Crippen molar-refractivity contribution in [3.8, 4) is 0 Å². The van der Waals surface area contributed by atoms with E-state index in [9.17, 15) is 14.7 Å². The molecule has 0 radical (unpaired) electrons. The van der Waals surface area contributed by atoms with Gasteiger partial charge in [-0.05, 0) is 11.8 Å². The zero-order chi connectivity index (χ0) is 16.3. The molecule has 116 valence electrons. The third kappa shape index (κ3) is 3.61. The lowest BCUT2D eigenvalue weighted by Gasteiger charge is -2.31. The van der Waals surface area contributed by atoms with Gasteiger partial charge in [-0.25, -0.2) is 0 Å². The van der Waals surface area contributed by atoms with Crippen molar-refractivity contribution in [2.24, 2.45) is 10.4 Å². The van der Waals surface area contributed by atoms with Crippen LogP contribution < -0.4 is 0 Å². The first kappa shape index (κ1) is 15.9. The third-order valence-corrected chi connectivity index (χ3v) is 3.54. The van der Waals surface area contributed by atoms with Gasteiger partial charge in [0, 0.05) is 12.0 Å². The van der Waals surface area contributed by atoms with Gasteiger partial charge in [-0.2, -0.15) is 0 Å². The van der Waals surface area contributed by atoms with Gasteiger partial charge in [0.05, 0.1) is 11.3 Å². The Morgan fingerprint density at radius 2 is 1.82 bits per heavy atom. The molecule has 0 bridgehead atoms. The Kier molecular flexibility index (Phi) is 4.45. The second kappa shape index (κ2) is 6.13. The number of allylic oxidation sites excluding steroid dienone is 1. The SMILES string of the molecule is CC1(C)CC(=O)/C(=C(/O)c2ccccc2)C(=NCC(=O)O)C1. The summed E-state index contributed by atoms with van der Waals surface area (Å²) in [6.45, 7) is 3.44. The summed E-state index contributed by atoms with van der Waals surface area (Å²) in [5, 5.41) is 19.3. The number of hydrogen-bond acceptors (Lipinski definition) is 4. The van der Waals surface area contributed by atoms with E-state index in [-0.39, 0.29) is 22.5 Å². The molecule has 0 atom stereocenters. The minimum absolute atomic E-state index is 0.134. The quantitative estimate of drug-likeness (QED) is 0.664. The second-order valence-corrected chi connectivity index (χ2v) is 6.19. The van der Waals surface area contributed by atoms with Crippen LogP contribution in [0.1, 0.15) is 32.3 Å². The molecule has 1 aromatic carbocycles. The van der Waals surface area contributed by atoms with E-state index in [1.165, 1.54) is 0 Å². The zero-order valence-electron chi connectivity index (χ0n) is 12.7. The average Bonchev–Trinajstić information content (AvgIpc) is 2.44. The van der Waals surface area contributed by atoms with E-state index in [1.54, 1.807) is 24.3 Å². The van der Waals surface area contributed by atoms with Crippen LogP contribution in [0.25, 0.3) is 5.76 Å². The van der Waals surface area contributed by atoms with Gasteiger partial charge in [0.1, 0.15) is 12.3 Å². The fourth-order valence-electron chi connectivity index (χ4n) is 2.60. The molecular weight excluding hydrogens is 282 g/mol. The van der Waals surface area contributed by atoms with Gasteiger partial charge >= 0.3 is 5.97 Å². The molecule has 1 aliphatic carbocycles. The Bertz CT molecular complexity index is 656. The molecule has 0 heterocycles. The molecule has 0 amide bonds. The minimum atomic E-state index is -1.07. The number of carbonyl (C=O) groups is 2. The number of carboxylic acids is 1. The number of carboxylic acid groups (broad SMARTS) is 1. The second-order valence-electron chi connectivity index (χ2n) is 6.19. The molecule has 5 nitrogen and oxygen atoms in total. The van der Waals surface area contributed by atoms with Crippen LogP contribution in [0.4, 0.5) is 0 Å². The summed E-state index contributed by atoms with van der Waals surface area (Å²) in [6, 6.07) is 8.73. The first-order valence-electron chi connectivity index (χ1n) is 7.07. The number of benzene rings is 1. The summed E-state index contributed by atoms with van der Waals surface area (Å²) < 4.78 is 0. The summed E-state index contributed by atoms with van der Waals surface area (Å²) in [7, 11) is 0. The van der Waals surface area contributed by atoms with Gasteiger partial charge in [0.15, 0.2) is 5.78 Å². The summed E-state index contributed by atoms with van der Waals surface area (Å²) in [5.74, 6) is -1.41. The van der Waals surface area contributed by atoms with Crippen LogP contribution in [-0.2, 0) is 9.59 Å². The highest BCUT2D eigenvalue weighted by atomic mass is 16.4. The maximum atomic E-state index is 12.4. The lowest BCUT2D eigenvalue weighted by atomic mass is 9.73. The zero-order valence-corrected chi connectivity index (χ0v) is 12.7. The molecule has 0 unspecified atom stereocenters. The monoisotopic (exact) mass is 301 g/mol. The van der Waals surface area contributed by atoms with E-state index in [2.05, 4.69) is 4.99 Å². The fourth-order valence-corrected chi connectivity index (χ4v) is 2.60. The molecule has 0 aliphatic heterocycles. The Balaban J connectivity index is 2.51. The van der Waals surface area contributed by atoms with Crippen molar-refractivity contribution in [2.45, 2.75) is 26.7 Å². The smallest absolute Gasteiger partial charge is 0.325 e. The number of Topliss-reactive ketones (excluding diaryl/α,β-unsaturated/α-hetero) is 1. The Morgan fingerprint density at radius 1 is 1.18 bits per heavy atom. The predicted molar refractivity (Wildman–Crippen MR) is 84.0 cm³/mol. The highest BCUT2D eigenvalue weighted by Crippen LogP contribution is 2.36. The maximum Gasteiger partial charge on any atom is 0.325 e. The lowest BCUT2D eigenvalue weighted by Crippen LogP contribution is -2.33. The number of aliphatic hydroxyl groups excluding tert-OH is 1. The van der Waals surface area contributed by atoms with Crippen molar-refractivity contribution in [1.29, 1.82) is 0 Å². The van der Waals surface area contributed by atoms with Gasteiger partial charge in [0.25, 0.3) is 0 Å². The first-order chi connectivity index (χ1) is 10.3. The largest absolute Gasteiger partial charge is 0.506 e. The molecular formula is C17H19NO4. The first-order valence-corrected chi connectivity index (χ1v) is 7.07. The van der Waals surface area contributed by atoms with Crippen molar-refractivity contribution in [1.82, 2.24) is 0 Å². The number of rotatable bonds is 3. The highest BCUT2D eigenvalue weighted by Gasteiger charge is 2.36. The minimum Gasteiger partial charge on any atom is -0.506 e. The number of aliphatic carboxylic acids is 1. The van der Waals surface area contributed by atoms with Crippen LogP contribution in [0.2, 0.25) is 0 Å². The topological polar surface area (TPSA) is 87.0 Å². The van der Waals surface area contributed by atoms with Gasteiger partial charge in [-0.15, -0.1) is 0 Å². The molecule has 2 N–H and O–H groups in total. The normalized spacial score (nSPS) is 21.7. The predicted octanol–water partition coefficient (Wildman–Crippen LogP) is 2.87. The molecule has 22 heavy (non-hydrogen) atoms. The third-order valence-electron chi connectivity index (χ3n) is 3.54. The van der Waals surface area contributed by atoms with E-state index in [1.807, 2.05) is 19.9 Å². The Hall–Kier alpha value is -2.43. The molecule has 1 aromatic rings. The maximum absolute atomic E-state index is 12.4. The van der Waals surface area contributed by atoms with Crippen molar-refractivity contribution in [3.63, 3.8) is 0 Å². The van der Waals surface area contributed by atoms with Crippen molar-refractivity contribution in [2.75, 3.05) is 6.54 Å². The van der Waals surface area contributed by atoms with Crippen LogP contribution in [0.15, 0.2) is 40.9 Å². The van der Waals surface area contributed by atoms with E-state index in [0.29, 0.717) is 24.1 Å². The van der Waals surface area contributed by atoms with Gasteiger partial charge in [0.2, 0.25) is 0 Å². The fraction of sp³-hybridized carbons (Fsp3) is 0.353. The van der Waals surface area contributed by atoms with Crippen molar-refractivity contribution < 1.29 is 19.8 Å². The molecule has 1 aliphatic rings. The average molecular weight is 301 g/mol. The number of hydrogen-bond donors (Lipinski definition) is 2. The van der Waals surface area contributed by atoms with Crippen molar-refractivity contribution in [3.05, 3.63) is 41.5 Å². The Morgan fingerprint density at radius 3 is 2.41 bits per heavy atom. The van der Waals surface area contributed by atoms with E-state index < -0.39 is 12.5 Å². The van der Waals surface area contributed by atoms with Gasteiger partial charge < -0.3 is 10.2 Å². The summed E-state index contributed by atoms with van der Waals surface area (Å²) >= 11 is 0. The lowest BCUT2D eigenvalue weighted by molar-refractivity contribution is -0.135. The van der Waals surface area contributed by atoms with Crippen LogP contribution in [0.5, 0.6) is 0 Å². The molecule has 2 rings (SSSR count). The van der Waals surface area contributed by atoms with Gasteiger partial charge in [-0.3, -0.25) is 14.6 Å². The number of nitrogens with zero attached hydrogens (tertiary/aromatic N) is 1. The standard InChI is InChI=1S/C17H19NO4/c1-17(2)8-12(18-10-14(20)21)15(13(19)9-17)16(22)11-6-4-3-5-7-11/h3-7,22H,8-10H2,1-2H3,(H,20,21)/b16-15+,18-12?. The van der Waals surface area contributed by atoms with Crippen LogP contribution >= 0.6 is 0 Å². The van der Waals surface area contributed by atoms with E-state index >= 15 is 0 Å². The van der Waals surface area contributed by atoms with E-state index in [0.717, 1.165) is 0 Å². The number of ketones is 1. The van der Waals surface area contributed by atoms with E-state index in [4.69, 9.17) is 5.11 Å². The Labute approximate surface area is 129 Å². The number of aliphatic imine (C=N–C) groups is 1. The van der Waals surface area contributed by atoms with Crippen molar-refractivity contribution >= 4 is 23.2 Å². The molecule has 0 spiro atoms.